The van der Waals surface area contributed by atoms with Gasteiger partial charge in [0.05, 0.1) is 5.69 Å². The zero-order valence-corrected chi connectivity index (χ0v) is 8.90. The van der Waals surface area contributed by atoms with Crippen LogP contribution in [0.2, 0.25) is 0 Å². The van der Waals surface area contributed by atoms with Crippen LogP contribution in [0, 0.1) is 5.82 Å². The molecule has 1 amide bonds. The molecule has 1 aromatic rings. The van der Waals surface area contributed by atoms with Crippen LogP contribution in [0.15, 0.2) is 18.2 Å². The van der Waals surface area contributed by atoms with Gasteiger partial charge >= 0.3 is 0 Å². The Kier molecular flexibility index (Phi) is 2.94. The molecule has 16 heavy (non-hydrogen) atoms. The minimum Gasteiger partial charge on any atom is -0.399 e. The smallest absolute Gasteiger partial charge is 0.209 e. The summed E-state index contributed by atoms with van der Waals surface area (Å²) in [6.07, 6.45) is 0.830. The third-order valence-corrected chi connectivity index (χ3v) is 2.78. The second kappa shape index (κ2) is 4.38. The van der Waals surface area contributed by atoms with Crippen LogP contribution in [0.1, 0.15) is 0 Å². The van der Waals surface area contributed by atoms with Crippen molar-refractivity contribution in [1.82, 2.24) is 4.90 Å². The summed E-state index contributed by atoms with van der Waals surface area (Å²) in [6.45, 7) is 2.57. The molecule has 5 heteroatoms. The first-order valence-electron chi connectivity index (χ1n) is 5.20. The van der Waals surface area contributed by atoms with E-state index in [1.807, 2.05) is 4.90 Å². The lowest BCUT2D eigenvalue weighted by Crippen LogP contribution is -2.46. The molecule has 1 heterocycles. The average Bonchev–Trinajstić information content (AvgIpc) is 2.29. The third-order valence-electron chi connectivity index (χ3n) is 2.78. The number of nitrogen functional groups attached to an aromatic ring is 1. The number of piperazine rings is 1. The largest absolute Gasteiger partial charge is 0.399 e. The number of benzene rings is 1. The maximum atomic E-state index is 13.6. The Hall–Kier alpha value is -1.78. The quantitative estimate of drug-likeness (QED) is 0.592. The van der Waals surface area contributed by atoms with Gasteiger partial charge < -0.3 is 15.5 Å². The molecular weight excluding hydrogens is 209 g/mol. The number of halogens is 1. The van der Waals surface area contributed by atoms with Crippen molar-refractivity contribution in [2.45, 2.75) is 0 Å². The Morgan fingerprint density at radius 2 is 1.94 bits per heavy atom. The van der Waals surface area contributed by atoms with Crippen molar-refractivity contribution in [3.05, 3.63) is 24.0 Å². The van der Waals surface area contributed by atoms with E-state index in [4.69, 9.17) is 5.73 Å². The number of hydrogen-bond acceptors (Lipinski definition) is 3. The summed E-state index contributed by atoms with van der Waals surface area (Å²) in [6, 6.07) is 4.69. The van der Waals surface area contributed by atoms with Crippen LogP contribution in [0.25, 0.3) is 0 Å². The Morgan fingerprint density at radius 1 is 1.25 bits per heavy atom. The summed E-state index contributed by atoms with van der Waals surface area (Å²) >= 11 is 0. The van der Waals surface area contributed by atoms with Crippen molar-refractivity contribution in [2.75, 3.05) is 36.8 Å². The fraction of sp³-hybridized carbons (Fsp3) is 0.364. The molecule has 1 aliphatic rings. The Morgan fingerprint density at radius 3 is 2.50 bits per heavy atom. The lowest BCUT2D eigenvalue weighted by molar-refractivity contribution is -0.118. The van der Waals surface area contributed by atoms with Gasteiger partial charge in [0, 0.05) is 31.9 Å². The number of anilines is 2. The zero-order chi connectivity index (χ0) is 11.5. The molecule has 1 saturated heterocycles. The fourth-order valence-corrected chi connectivity index (χ4v) is 1.85. The van der Waals surface area contributed by atoms with Gasteiger partial charge in [-0.25, -0.2) is 4.39 Å². The lowest BCUT2D eigenvalue weighted by Gasteiger charge is -2.34. The highest BCUT2D eigenvalue weighted by Crippen LogP contribution is 2.22. The number of hydrogen-bond donors (Lipinski definition) is 1. The van der Waals surface area contributed by atoms with Crippen molar-refractivity contribution in [2.24, 2.45) is 0 Å². The zero-order valence-electron chi connectivity index (χ0n) is 8.90. The van der Waals surface area contributed by atoms with Crippen molar-refractivity contribution in [3.63, 3.8) is 0 Å². The van der Waals surface area contributed by atoms with Crippen LogP contribution in [0.4, 0.5) is 15.8 Å². The second-order valence-corrected chi connectivity index (χ2v) is 3.84. The van der Waals surface area contributed by atoms with Gasteiger partial charge in [0.15, 0.2) is 0 Å². The second-order valence-electron chi connectivity index (χ2n) is 3.84. The Bertz CT molecular complexity index is 389. The van der Waals surface area contributed by atoms with Crippen molar-refractivity contribution in [1.29, 1.82) is 0 Å². The van der Waals surface area contributed by atoms with E-state index in [1.54, 1.807) is 17.0 Å². The summed E-state index contributed by atoms with van der Waals surface area (Å²) in [5.41, 5.74) is 6.47. The van der Waals surface area contributed by atoms with Crippen LogP contribution >= 0.6 is 0 Å². The molecule has 2 rings (SSSR count). The molecular formula is C11H14FN3O. The maximum Gasteiger partial charge on any atom is 0.209 e. The number of carbonyl (C=O) groups is 1. The van der Waals surface area contributed by atoms with Gasteiger partial charge in [0.1, 0.15) is 5.82 Å². The summed E-state index contributed by atoms with van der Waals surface area (Å²) in [5, 5.41) is 0. The van der Waals surface area contributed by atoms with Gasteiger partial charge in [-0.3, -0.25) is 4.79 Å². The van der Waals surface area contributed by atoms with Crippen molar-refractivity contribution >= 4 is 17.8 Å². The predicted octanol–water partition coefficient (Wildman–Crippen LogP) is 0.686. The first kappa shape index (κ1) is 10.7. The number of nitrogens with two attached hydrogens (primary N) is 1. The van der Waals surface area contributed by atoms with Crippen LogP contribution in [0.5, 0.6) is 0 Å². The van der Waals surface area contributed by atoms with Crippen LogP contribution in [-0.2, 0) is 4.79 Å². The van der Waals surface area contributed by atoms with Gasteiger partial charge in [-0.2, -0.15) is 0 Å². The summed E-state index contributed by atoms with van der Waals surface area (Å²) < 4.78 is 13.6. The maximum absolute atomic E-state index is 13.6. The summed E-state index contributed by atoms with van der Waals surface area (Å²) in [4.78, 5) is 14.1. The number of rotatable bonds is 2. The summed E-state index contributed by atoms with van der Waals surface area (Å²) in [7, 11) is 0. The number of nitrogens with zero attached hydrogens (tertiary/aromatic N) is 2. The van der Waals surface area contributed by atoms with Crippen molar-refractivity contribution < 1.29 is 9.18 Å². The van der Waals surface area contributed by atoms with Crippen LogP contribution in [0.3, 0.4) is 0 Å². The van der Waals surface area contributed by atoms with Gasteiger partial charge in [0.2, 0.25) is 6.41 Å². The molecule has 0 radical (unpaired) electrons. The first-order chi connectivity index (χ1) is 7.70. The third kappa shape index (κ3) is 2.08. The Labute approximate surface area is 93.4 Å². The van der Waals surface area contributed by atoms with Crippen molar-refractivity contribution in [3.8, 4) is 0 Å². The van der Waals surface area contributed by atoms with E-state index in [0.717, 1.165) is 6.41 Å². The van der Waals surface area contributed by atoms with E-state index in [2.05, 4.69) is 0 Å². The molecule has 2 N–H and O–H groups in total. The molecule has 0 aliphatic carbocycles. The molecule has 1 aliphatic heterocycles. The van der Waals surface area contributed by atoms with Crippen LogP contribution < -0.4 is 10.6 Å². The molecule has 0 spiro atoms. The fourth-order valence-electron chi connectivity index (χ4n) is 1.85. The monoisotopic (exact) mass is 223 g/mol. The van der Waals surface area contributed by atoms with E-state index in [1.165, 1.54) is 6.07 Å². The van der Waals surface area contributed by atoms with Gasteiger partial charge in [-0.15, -0.1) is 0 Å². The number of amides is 1. The lowest BCUT2D eigenvalue weighted by atomic mass is 10.2. The molecule has 0 bridgehead atoms. The van der Waals surface area contributed by atoms with Crippen LogP contribution in [-0.4, -0.2) is 37.5 Å². The minimum atomic E-state index is -0.306. The highest BCUT2D eigenvalue weighted by Gasteiger charge is 2.18. The SMILES string of the molecule is Nc1ccc(N2CCN(C=O)CC2)c(F)c1. The molecule has 0 atom stereocenters. The molecule has 0 unspecified atom stereocenters. The van der Waals surface area contributed by atoms with E-state index in [0.29, 0.717) is 37.6 Å². The van der Waals surface area contributed by atoms with E-state index < -0.39 is 0 Å². The van der Waals surface area contributed by atoms with E-state index in [-0.39, 0.29) is 5.82 Å². The predicted molar refractivity (Wildman–Crippen MR) is 60.7 cm³/mol. The number of carbonyl (C=O) groups excluding carboxylic acids is 1. The minimum absolute atomic E-state index is 0.306. The van der Waals surface area contributed by atoms with E-state index in [9.17, 15) is 9.18 Å². The van der Waals surface area contributed by atoms with Gasteiger partial charge in [-0.1, -0.05) is 0 Å². The molecule has 1 aromatic carbocycles. The highest BCUT2D eigenvalue weighted by atomic mass is 19.1. The topological polar surface area (TPSA) is 49.6 Å². The molecule has 4 nitrogen and oxygen atoms in total. The highest BCUT2D eigenvalue weighted by molar-refractivity contribution is 5.55. The molecule has 86 valence electrons. The summed E-state index contributed by atoms with van der Waals surface area (Å²) in [5.74, 6) is -0.306. The van der Waals surface area contributed by atoms with E-state index >= 15 is 0 Å². The molecule has 0 aromatic heterocycles. The first-order valence-corrected chi connectivity index (χ1v) is 5.20. The normalized spacial score (nSPS) is 16.3. The molecule has 1 fully saturated rings. The van der Waals surface area contributed by atoms with Gasteiger partial charge in [0.25, 0.3) is 0 Å². The molecule has 0 saturated carbocycles. The average molecular weight is 223 g/mol. The standard InChI is InChI=1S/C11H14FN3O/c12-10-7-9(13)1-2-11(10)15-5-3-14(8-16)4-6-15/h1-2,7-8H,3-6,13H2. The Balaban J connectivity index is 2.11. The van der Waals surface area contributed by atoms with Gasteiger partial charge in [-0.05, 0) is 18.2 Å².